The zero-order chi connectivity index (χ0) is 6.81. The van der Waals surface area contributed by atoms with Crippen molar-refractivity contribution >= 4 is 0 Å². The van der Waals surface area contributed by atoms with E-state index in [-0.39, 0.29) is 0 Å². The monoisotopic (exact) mass is 144 g/mol. The Bertz CT molecular complexity index is 103. The summed E-state index contributed by atoms with van der Waals surface area (Å²) >= 11 is 0. The van der Waals surface area contributed by atoms with Gasteiger partial charge in [-0.25, -0.2) is 0 Å². The maximum absolute atomic E-state index is 5.38. The molecule has 1 saturated carbocycles. The van der Waals surface area contributed by atoms with E-state index in [1.54, 1.807) is 0 Å². The molecule has 1 heterocycles. The van der Waals surface area contributed by atoms with Crippen molar-refractivity contribution in [3.8, 4) is 0 Å². The third-order valence-electron chi connectivity index (χ3n) is 2.12. The molecule has 2 atom stereocenters. The second-order valence-corrected chi connectivity index (χ2v) is 2.78. The van der Waals surface area contributed by atoms with Crippen molar-refractivity contribution in [1.29, 1.82) is 0 Å². The molecule has 0 radical (unpaired) electrons. The van der Waals surface area contributed by atoms with E-state index >= 15 is 0 Å². The first-order chi connectivity index (χ1) is 4.97. The van der Waals surface area contributed by atoms with Crippen LogP contribution in [0.25, 0.3) is 0 Å². The lowest BCUT2D eigenvalue weighted by molar-refractivity contribution is -0.0914. The molecule has 0 aromatic rings. The molecule has 0 aromatic heterocycles. The zero-order valence-electron chi connectivity index (χ0n) is 5.91. The molecule has 2 aliphatic rings. The van der Waals surface area contributed by atoms with Gasteiger partial charge in [0.2, 0.25) is 0 Å². The lowest BCUT2D eigenvalue weighted by Gasteiger charge is -2.13. The third-order valence-corrected chi connectivity index (χ3v) is 2.12. The summed E-state index contributed by atoms with van der Waals surface area (Å²) in [6.07, 6.45) is 4.11. The average Bonchev–Trinajstić information content (AvgIpc) is 2.28. The minimum atomic E-state index is 0.308. The van der Waals surface area contributed by atoms with Crippen LogP contribution in [0.3, 0.4) is 0 Å². The topological polar surface area (TPSA) is 27.7 Å². The first-order valence-electron chi connectivity index (χ1n) is 3.78. The van der Waals surface area contributed by atoms with E-state index in [1.165, 1.54) is 6.42 Å². The lowest BCUT2D eigenvalue weighted by Crippen LogP contribution is -2.23. The van der Waals surface area contributed by atoms with Crippen LogP contribution in [0.4, 0.5) is 0 Å². The lowest BCUT2D eigenvalue weighted by atomic mass is 10.3. The molecule has 0 spiro atoms. The number of fused-ring (bicyclic) bond motifs is 1. The van der Waals surface area contributed by atoms with Gasteiger partial charge < -0.3 is 14.2 Å². The van der Waals surface area contributed by atoms with Crippen molar-refractivity contribution in [2.75, 3.05) is 13.6 Å². The minimum Gasteiger partial charge on any atom is -0.349 e. The van der Waals surface area contributed by atoms with Crippen LogP contribution in [0, 0.1) is 0 Å². The van der Waals surface area contributed by atoms with Gasteiger partial charge in [-0.05, 0) is 19.3 Å². The Hall–Kier alpha value is -0.120. The van der Waals surface area contributed by atoms with Gasteiger partial charge in [-0.15, -0.1) is 0 Å². The molecule has 3 heteroatoms. The largest absolute Gasteiger partial charge is 0.349 e. The van der Waals surface area contributed by atoms with Crippen molar-refractivity contribution in [3.05, 3.63) is 0 Å². The van der Waals surface area contributed by atoms with Crippen molar-refractivity contribution in [2.24, 2.45) is 0 Å². The summed E-state index contributed by atoms with van der Waals surface area (Å²) < 4.78 is 15.7. The van der Waals surface area contributed by atoms with Crippen LogP contribution < -0.4 is 0 Å². The third kappa shape index (κ3) is 1.17. The van der Waals surface area contributed by atoms with Crippen LogP contribution in [0.5, 0.6) is 0 Å². The SMILES string of the molecule is C1CC2OCOCOC2C1. The molecule has 2 unspecified atom stereocenters. The van der Waals surface area contributed by atoms with Crippen LogP contribution in [-0.2, 0) is 14.2 Å². The summed E-state index contributed by atoms with van der Waals surface area (Å²) in [4.78, 5) is 0. The number of ether oxygens (including phenoxy) is 3. The normalized spacial score (nSPS) is 40.8. The highest BCUT2D eigenvalue weighted by Crippen LogP contribution is 2.26. The van der Waals surface area contributed by atoms with E-state index in [0.717, 1.165) is 12.8 Å². The molecule has 0 amide bonds. The predicted molar refractivity (Wildman–Crippen MR) is 34.4 cm³/mol. The van der Waals surface area contributed by atoms with Gasteiger partial charge in [0, 0.05) is 0 Å². The maximum atomic E-state index is 5.38. The van der Waals surface area contributed by atoms with Gasteiger partial charge in [0.05, 0.1) is 12.2 Å². The molecular weight excluding hydrogens is 132 g/mol. The van der Waals surface area contributed by atoms with E-state index in [2.05, 4.69) is 0 Å². The fourth-order valence-electron chi connectivity index (χ4n) is 1.58. The van der Waals surface area contributed by atoms with E-state index in [0.29, 0.717) is 25.8 Å². The van der Waals surface area contributed by atoms with Crippen LogP contribution in [-0.4, -0.2) is 25.8 Å². The van der Waals surface area contributed by atoms with Gasteiger partial charge in [0.1, 0.15) is 13.6 Å². The molecule has 2 fully saturated rings. The summed E-state index contributed by atoms with van der Waals surface area (Å²) in [6, 6.07) is 0. The molecule has 1 saturated heterocycles. The Morgan fingerprint density at radius 1 is 0.900 bits per heavy atom. The van der Waals surface area contributed by atoms with Crippen LogP contribution in [0.15, 0.2) is 0 Å². The van der Waals surface area contributed by atoms with Gasteiger partial charge in [-0.1, -0.05) is 0 Å². The molecule has 1 aliphatic heterocycles. The first kappa shape index (κ1) is 6.58. The molecule has 10 heavy (non-hydrogen) atoms. The van der Waals surface area contributed by atoms with Gasteiger partial charge >= 0.3 is 0 Å². The molecule has 0 bridgehead atoms. The zero-order valence-corrected chi connectivity index (χ0v) is 5.91. The summed E-state index contributed by atoms with van der Waals surface area (Å²) in [5, 5.41) is 0. The van der Waals surface area contributed by atoms with Crippen molar-refractivity contribution in [2.45, 2.75) is 31.5 Å². The molecule has 0 aromatic carbocycles. The van der Waals surface area contributed by atoms with E-state index < -0.39 is 0 Å². The second kappa shape index (κ2) is 2.86. The minimum absolute atomic E-state index is 0.308. The van der Waals surface area contributed by atoms with E-state index in [4.69, 9.17) is 14.2 Å². The number of rotatable bonds is 0. The second-order valence-electron chi connectivity index (χ2n) is 2.78. The highest BCUT2D eigenvalue weighted by Gasteiger charge is 2.30. The summed E-state index contributed by atoms with van der Waals surface area (Å²) in [6.45, 7) is 0.808. The summed E-state index contributed by atoms with van der Waals surface area (Å²) in [5.74, 6) is 0. The molecule has 3 nitrogen and oxygen atoms in total. The summed E-state index contributed by atoms with van der Waals surface area (Å²) in [5.41, 5.74) is 0. The highest BCUT2D eigenvalue weighted by atomic mass is 16.8. The van der Waals surface area contributed by atoms with Crippen molar-refractivity contribution in [3.63, 3.8) is 0 Å². The quantitative estimate of drug-likeness (QED) is 0.505. The highest BCUT2D eigenvalue weighted by molar-refractivity contribution is 4.78. The molecule has 2 rings (SSSR count). The fourth-order valence-corrected chi connectivity index (χ4v) is 1.58. The fraction of sp³-hybridized carbons (Fsp3) is 1.00. The van der Waals surface area contributed by atoms with Crippen LogP contribution in [0.1, 0.15) is 19.3 Å². The maximum Gasteiger partial charge on any atom is 0.150 e. The average molecular weight is 144 g/mol. The predicted octanol–water partition coefficient (Wildman–Crippen LogP) is 0.886. The van der Waals surface area contributed by atoms with Gasteiger partial charge in [0.15, 0.2) is 0 Å². The molecule has 58 valence electrons. The first-order valence-corrected chi connectivity index (χ1v) is 3.78. The Morgan fingerprint density at radius 3 is 2.10 bits per heavy atom. The van der Waals surface area contributed by atoms with Crippen LogP contribution >= 0.6 is 0 Å². The van der Waals surface area contributed by atoms with Crippen LogP contribution in [0.2, 0.25) is 0 Å². The molecular formula is C7H12O3. The van der Waals surface area contributed by atoms with Gasteiger partial charge in [-0.2, -0.15) is 0 Å². The standard InChI is InChI=1S/C7H12O3/c1-2-6-7(3-1)10-5-8-4-9-6/h6-7H,1-5H2. The van der Waals surface area contributed by atoms with E-state index in [9.17, 15) is 0 Å². The Labute approximate surface area is 60.3 Å². The van der Waals surface area contributed by atoms with Gasteiger partial charge in [-0.3, -0.25) is 0 Å². The van der Waals surface area contributed by atoms with Crippen molar-refractivity contribution < 1.29 is 14.2 Å². The van der Waals surface area contributed by atoms with Crippen molar-refractivity contribution in [1.82, 2.24) is 0 Å². The Balaban J connectivity index is 1.95. The summed E-state index contributed by atoms with van der Waals surface area (Å²) in [7, 11) is 0. The Morgan fingerprint density at radius 2 is 1.50 bits per heavy atom. The van der Waals surface area contributed by atoms with E-state index in [1.807, 2.05) is 0 Å². The molecule has 0 N–H and O–H groups in total. The smallest absolute Gasteiger partial charge is 0.150 e. The Kier molecular flexibility index (Phi) is 1.88. The van der Waals surface area contributed by atoms with Gasteiger partial charge in [0.25, 0.3) is 0 Å². The number of hydrogen-bond acceptors (Lipinski definition) is 3. The molecule has 1 aliphatic carbocycles. The number of hydrogen-bond donors (Lipinski definition) is 0.